The first kappa shape index (κ1) is 18.2. The Hall–Kier alpha value is -1.14. The number of likely N-dealkylation sites (tertiary alicyclic amines) is 1. The second kappa shape index (κ2) is 8.11. The highest BCUT2D eigenvalue weighted by molar-refractivity contribution is 5.85. The molecule has 0 spiro atoms. The van der Waals surface area contributed by atoms with Gasteiger partial charge in [0.05, 0.1) is 0 Å². The summed E-state index contributed by atoms with van der Waals surface area (Å²) in [5, 5.41) is 3.97. The van der Waals surface area contributed by atoms with E-state index >= 15 is 0 Å². The SMILES string of the molecule is Cc1nc(CC2CCCN(C(=O)C3CCCC(N)C3)C2)no1.Cl. The quantitative estimate of drug-likeness (QED) is 0.909. The van der Waals surface area contributed by atoms with E-state index in [2.05, 4.69) is 10.1 Å². The van der Waals surface area contributed by atoms with Gasteiger partial charge in [-0.05, 0) is 38.0 Å². The Balaban J connectivity index is 0.00000192. The number of aryl methyl sites for hydroxylation is 1. The van der Waals surface area contributed by atoms with Gasteiger partial charge in [-0.2, -0.15) is 4.98 Å². The van der Waals surface area contributed by atoms with Gasteiger partial charge in [0.2, 0.25) is 11.8 Å². The zero-order chi connectivity index (χ0) is 15.5. The number of carbonyl (C=O) groups excluding carboxylic acids is 1. The van der Waals surface area contributed by atoms with Crippen LogP contribution in [-0.4, -0.2) is 40.1 Å². The molecule has 130 valence electrons. The fraction of sp³-hybridized carbons (Fsp3) is 0.812. The molecule has 3 unspecified atom stereocenters. The van der Waals surface area contributed by atoms with E-state index in [9.17, 15) is 4.79 Å². The van der Waals surface area contributed by atoms with E-state index in [1.54, 1.807) is 6.92 Å². The predicted octanol–water partition coefficient (Wildman–Crippen LogP) is 2.10. The van der Waals surface area contributed by atoms with Crippen molar-refractivity contribution in [3.8, 4) is 0 Å². The summed E-state index contributed by atoms with van der Waals surface area (Å²) in [4.78, 5) is 19.0. The van der Waals surface area contributed by atoms with Crippen LogP contribution in [0.25, 0.3) is 0 Å². The third kappa shape index (κ3) is 4.67. The van der Waals surface area contributed by atoms with Crippen molar-refractivity contribution in [2.24, 2.45) is 17.6 Å². The highest BCUT2D eigenvalue weighted by Crippen LogP contribution is 2.28. The number of halogens is 1. The van der Waals surface area contributed by atoms with E-state index in [0.29, 0.717) is 17.7 Å². The van der Waals surface area contributed by atoms with E-state index in [1.807, 2.05) is 4.90 Å². The number of piperidine rings is 1. The number of rotatable bonds is 3. The number of nitrogens with zero attached hydrogens (tertiary/aromatic N) is 3. The second-order valence-corrected chi connectivity index (χ2v) is 6.85. The Morgan fingerprint density at radius 3 is 2.87 bits per heavy atom. The summed E-state index contributed by atoms with van der Waals surface area (Å²) in [6.45, 7) is 3.50. The van der Waals surface area contributed by atoms with Crippen LogP contribution in [0.5, 0.6) is 0 Å². The number of hydrogen-bond donors (Lipinski definition) is 1. The third-order valence-corrected chi connectivity index (χ3v) is 4.94. The number of carbonyl (C=O) groups is 1. The molecule has 2 heterocycles. The molecule has 0 radical (unpaired) electrons. The smallest absolute Gasteiger partial charge is 0.225 e. The van der Waals surface area contributed by atoms with Crippen LogP contribution in [-0.2, 0) is 11.2 Å². The molecule has 1 amide bonds. The molecule has 23 heavy (non-hydrogen) atoms. The molecule has 1 aromatic rings. The average Bonchev–Trinajstić information content (AvgIpc) is 2.92. The third-order valence-electron chi connectivity index (χ3n) is 4.94. The molecule has 3 atom stereocenters. The Bertz CT molecular complexity index is 522. The molecule has 2 N–H and O–H groups in total. The minimum Gasteiger partial charge on any atom is -0.342 e. The Morgan fingerprint density at radius 1 is 1.35 bits per heavy atom. The van der Waals surface area contributed by atoms with Crippen LogP contribution >= 0.6 is 12.4 Å². The maximum Gasteiger partial charge on any atom is 0.225 e. The molecule has 6 nitrogen and oxygen atoms in total. The van der Waals surface area contributed by atoms with Crippen molar-refractivity contribution >= 4 is 18.3 Å². The molecule has 1 saturated carbocycles. The van der Waals surface area contributed by atoms with Gasteiger partial charge in [-0.25, -0.2) is 0 Å². The second-order valence-electron chi connectivity index (χ2n) is 6.85. The summed E-state index contributed by atoms with van der Waals surface area (Å²) < 4.78 is 5.03. The number of hydrogen-bond acceptors (Lipinski definition) is 5. The van der Waals surface area contributed by atoms with Crippen LogP contribution in [0.3, 0.4) is 0 Å². The van der Waals surface area contributed by atoms with Gasteiger partial charge < -0.3 is 15.2 Å². The zero-order valence-corrected chi connectivity index (χ0v) is 14.6. The molecule has 1 aliphatic carbocycles. The summed E-state index contributed by atoms with van der Waals surface area (Å²) in [7, 11) is 0. The fourth-order valence-corrected chi connectivity index (χ4v) is 3.82. The summed E-state index contributed by atoms with van der Waals surface area (Å²) in [5.41, 5.74) is 6.03. The van der Waals surface area contributed by atoms with Crippen molar-refractivity contribution in [3.63, 3.8) is 0 Å². The maximum atomic E-state index is 12.7. The minimum atomic E-state index is 0. The largest absolute Gasteiger partial charge is 0.342 e. The van der Waals surface area contributed by atoms with Crippen molar-refractivity contribution in [3.05, 3.63) is 11.7 Å². The Morgan fingerprint density at radius 2 is 2.17 bits per heavy atom. The van der Waals surface area contributed by atoms with Gasteiger partial charge in [0, 0.05) is 38.4 Å². The molecule has 7 heteroatoms. The highest BCUT2D eigenvalue weighted by atomic mass is 35.5. The van der Waals surface area contributed by atoms with E-state index in [0.717, 1.165) is 63.9 Å². The molecular weight excluding hydrogens is 316 g/mol. The number of amides is 1. The fourth-order valence-electron chi connectivity index (χ4n) is 3.82. The van der Waals surface area contributed by atoms with Gasteiger partial charge in [-0.15, -0.1) is 12.4 Å². The molecule has 1 saturated heterocycles. The average molecular weight is 343 g/mol. The van der Waals surface area contributed by atoms with Crippen LogP contribution in [0.4, 0.5) is 0 Å². The van der Waals surface area contributed by atoms with E-state index in [4.69, 9.17) is 10.3 Å². The summed E-state index contributed by atoms with van der Waals surface area (Å²) in [6, 6.07) is 0.200. The van der Waals surface area contributed by atoms with Gasteiger partial charge in [0.25, 0.3) is 0 Å². The Labute approximate surface area is 143 Å². The first-order chi connectivity index (χ1) is 10.6. The van der Waals surface area contributed by atoms with Crippen molar-refractivity contribution in [2.45, 2.75) is 57.9 Å². The highest BCUT2D eigenvalue weighted by Gasteiger charge is 2.32. The zero-order valence-electron chi connectivity index (χ0n) is 13.7. The van der Waals surface area contributed by atoms with Crippen molar-refractivity contribution in [1.29, 1.82) is 0 Å². The molecule has 3 rings (SSSR count). The first-order valence-electron chi connectivity index (χ1n) is 8.45. The van der Waals surface area contributed by atoms with Crippen LogP contribution in [0, 0.1) is 18.8 Å². The normalized spacial score (nSPS) is 28.3. The first-order valence-corrected chi connectivity index (χ1v) is 8.45. The van der Waals surface area contributed by atoms with Crippen molar-refractivity contribution in [1.82, 2.24) is 15.0 Å². The lowest BCUT2D eigenvalue weighted by Crippen LogP contribution is -2.45. The standard InChI is InChI=1S/C16H26N4O2.ClH/c1-11-18-15(19-22-11)8-12-4-3-7-20(10-12)16(21)13-5-2-6-14(17)9-13;/h12-14H,2-10,17H2,1H3;1H. The van der Waals surface area contributed by atoms with Crippen molar-refractivity contribution in [2.75, 3.05) is 13.1 Å². The lowest BCUT2D eigenvalue weighted by Gasteiger charge is -2.36. The van der Waals surface area contributed by atoms with Gasteiger partial charge >= 0.3 is 0 Å². The molecule has 0 bridgehead atoms. The van der Waals surface area contributed by atoms with Crippen LogP contribution in [0.2, 0.25) is 0 Å². The molecule has 2 aliphatic rings. The lowest BCUT2D eigenvalue weighted by molar-refractivity contribution is -0.138. The number of aromatic nitrogens is 2. The Kier molecular flexibility index (Phi) is 6.41. The molecular formula is C16H27ClN4O2. The van der Waals surface area contributed by atoms with Crippen LogP contribution in [0.1, 0.15) is 50.2 Å². The molecule has 2 fully saturated rings. The van der Waals surface area contributed by atoms with E-state index in [-0.39, 0.29) is 24.4 Å². The molecule has 1 aliphatic heterocycles. The molecule has 1 aromatic heterocycles. The van der Waals surface area contributed by atoms with Crippen molar-refractivity contribution < 1.29 is 9.32 Å². The molecule has 0 aromatic carbocycles. The van der Waals surface area contributed by atoms with Gasteiger partial charge in [0.1, 0.15) is 0 Å². The lowest BCUT2D eigenvalue weighted by atomic mass is 9.84. The summed E-state index contributed by atoms with van der Waals surface area (Å²) in [5.74, 6) is 2.25. The number of nitrogens with two attached hydrogens (primary N) is 1. The predicted molar refractivity (Wildman–Crippen MR) is 89.2 cm³/mol. The summed E-state index contributed by atoms with van der Waals surface area (Å²) >= 11 is 0. The van der Waals surface area contributed by atoms with Crippen LogP contribution in [0.15, 0.2) is 4.52 Å². The monoisotopic (exact) mass is 342 g/mol. The maximum absolute atomic E-state index is 12.7. The van der Waals surface area contributed by atoms with E-state index < -0.39 is 0 Å². The van der Waals surface area contributed by atoms with Gasteiger partial charge in [0.15, 0.2) is 5.82 Å². The van der Waals surface area contributed by atoms with Crippen LogP contribution < -0.4 is 5.73 Å². The topological polar surface area (TPSA) is 85.2 Å². The minimum absolute atomic E-state index is 0. The summed E-state index contributed by atoms with van der Waals surface area (Å²) in [6.07, 6.45) is 6.97. The van der Waals surface area contributed by atoms with E-state index in [1.165, 1.54) is 0 Å². The van der Waals surface area contributed by atoms with Gasteiger partial charge in [-0.3, -0.25) is 4.79 Å². The van der Waals surface area contributed by atoms with Gasteiger partial charge in [-0.1, -0.05) is 11.6 Å².